The Morgan fingerprint density at radius 1 is 0.933 bits per heavy atom. The number of carbonyl (C=O) groups is 1. The number of hydrogen-bond acceptors (Lipinski definition) is 4. The van der Waals surface area contributed by atoms with Crippen molar-refractivity contribution in [3.63, 3.8) is 0 Å². The molecule has 5 nitrogen and oxygen atoms in total. The Kier molecular flexibility index (Phi) is 5.82. The largest absolute Gasteiger partial charge is 0.508 e. The number of phenols is 1. The topological polar surface area (TPSA) is 72.8 Å². The molecular weight excluding hydrogens is 376 g/mol. The van der Waals surface area contributed by atoms with Crippen LogP contribution < -0.4 is 10.2 Å². The number of rotatable bonds is 8. The van der Waals surface area contributed by atoms with E-state index in [1.807, 2.05) is 36.4 Å². The lowest BCUT2D eigenvalue weighted by molar-refractivity contribution is -0.139. The first-order valence-corrected chi connectivity index (χ1v) is 9.98. The minimum Gasteiger partial charge on any atom is -0.508 e. The molecule has 0 saturated heterocycles. The van der Waals surface area contributed by atoms with Crippen LogP contribution in [0, 0.1) is 0 Å². The number of carboxylic acids is 1. The van der Waals surface area contributed by atoms with Gasteiger partial charge < -0.3 is 15.1 Å². The highest BCUT2D eigenvalue weighted by Gasteiger charge is 2.29. The first-order chi connectivity index (χ1) is 14.6. The van der Waals surface area contributed by atoms with Gasteiger partial charge in [-0.3, -0.25) is 10.1 Å². The van der Waals surface area contributed by atoms with Gasteiger partial charge in [0.15, 0.2) is 0 Å². The molecule has 0 saturated carbocycles. The second kappa shape index (κ2) is 8.84. The Morgan fingerprint density at radius 2 is 1.47 bits per heavy atom. The summed E-state index contributed by atoms with van der Waals surface area (Å²) >= 11 is 0. The number of aliphatic carboxylic acids is 1. The predicted octanol–water partition coefficient (Wildman–Crippen LogP) is 4.47. The summed E-state index contributed by atoms with van der Waals surface area (Å²) in [4.78, 5) is 14.0. The first kappa shape index (κ1) is 19.7. The highest BCUT2D eigenvalue weighted by molar-refractivity contribution is 5.74. The summed E-state index contributed by atoms with van der Waals surface area (Å²) in [5.41, 5.74) is 4.16. The summed E-state index contributed by atoms with van der Waals surface area (Å²) in [6.07, 6.45) is 3.19. The van der Waals surface area contributed by atoms with Gasteiger partial charge in [0.1, 0.15) is 11.8 Å². The lowest BCUT2D eigenvalue weighted by Gasteiger charge is -2.37. The van der Waals surface area contributed by atoms with Crippen LogP contribution in [-0.4, -0.2) is 28.3 Å². The van der Waals surface area contributed by atoms with Crippen molar-refractivity contribution < 1.29 is 15.0 Å². The Labute approximate surface area is 175 Å². The standard InChI is InChI=1S/C25H24N2O3/c28-23-13-11-18(12-14-23)15-24(25(29)30)26-19-16-22(17-19)27(20-7-3-1-4-8-20)21-9-5-2-6-10-21/h1-14,16,19,24,26,28H,15,17H2,(H,29,30). The molecule has 3 N–H and O–H groups in total. The second-order valence-electron chi connectivity index (χ2n) is 7.40. The Bertz CT molecular complexity index is 978. The molecule has 2 unspecified atom stereocenters. The number of nitrogens with zero attached hydrogens (tertiary/aromatic N) is 1. The quantitative estimate of drug-likeness (QED) is 0.520. The van der Waals surface area contributed by atoms with Crippen molar-refractivity contribution >= 4 is 17.3 Å². The minimum absolute atomic E-state index is 0.00635. The van der Waals surface area contributed by atoms with E-state index in [-0.39, 0.29) is 11.8 Å². The number of carboxylic acid groups (broad SMARTS) is 1. The first-order valence-electron chi connectivity index (χ1n) is 9.98. The molecule has 0 fully saturated rings. The number of anilines is 2. The van der Waals surface area contributed by atoms with Crippen molar-refractivity contribution in [3.8, 4) is 5.75 Å². The zero-order chi connectivity index (χ0) is 20.9. The average molecular weight is 400 g/mol. The number of hydrogen-bond donors (Lipinski definition) is 3. The van der Waals surface area contributed by atoms with Crippen LogP contribution in [0.4, 0.5) is 11.4 Å². The van der Waals surface area contributed by atoms with Crippen molar-refractivity contribution in [2.75, 3.05) is 4.90 Å². The van der Waals surface area contributed by atoms with Gasteiger partial charge in [-0.05, 0) is 54.5 Å². The third-order valence-corrected chi connectivity index (χ3v) is 5.23. The molecule has 1 aliphatic carbocycles. The van der Waals surface area contributed by atoms with Crippen LogP contribution in [0.5, 0.6) is 5.75 Å². The predicted molar refractivity (Wildman–Crippen MR) is 118 cm³/mol. The fourth-order valence-electron chi connectivity index (χ4n) is 3.68. The van der Waals surface area contributed by atoms with E-state index in [4.69, 9.17) is 0 Å². The number of benzene rings is 3. The normalized spacial score (nSPS) is 16.3. The molecule has 0 aliphatic heterocycles. The summed E-state index contributed by atoms with van der Waals surface area (Å²) in [5, 5.41) is 22.3. The summed E-state index contributed by atoms with van der Waals surface area (Å²) in [5.74, 6) is -0.708. The molecule has 3 aromatic carbocycles. The van der Waals surface area contributed by atoms with Gasteiger partial charge in [0.2, 0.25) is 0 Å². The molecule has 0 heterocycles. The summed E-state index contributed by atoms with van der Waals surface area (Å²) < 4.78 is 0. The van der Waals surface area contributed by atoms with E-state index in [0.717, 1.165) is 29.1 Å². The van der Waals surface area contributed by atoms with Crippen LogP contribution in [0.1, 0.15) is 12.0 Å². The summed E-state index contributed by atoms with van der Waals surface area (Å²) in [6.45, 7) is 0. The fraction of sp³-hybridized carbons (Fsp3) is 0.160. The molecule has 0 aromatic heterocycles. The Balaban J connectivity index is 1.49. The number of aromatic hydroxyl groups is 1. The van der Waals surface area contributed by atoms with Crippen molar-refractivity contribution in [2.45, 2.75) is 24.9 Å². The van der Waals surface area contributed by atoms with Gasteiger partial charge in [0.25, 0.3) is 0 Å². The third kappa shape index (κ3) is 4.53. The molecule has 0 bridgehead atoms. The van der Waals surface area contributed by atoms with Crippen LogP contribution in [0.25, 0.3) is 0 Å². The maximum Gasteiger partial charge on any atom is 0.321 e. The number of phenolic OH excluding ortho intramolecular Hbond substituents is 1. The van der Waals surface area contributed by atoms with E-state index in [2.05, 4.69) is 40.6 Å². The van der Waals surface area contributed by atoms with Gasteiger partial charge in [-0.2, -0.15) is 0 Å². The van der Waals surface area contributed by atoms with E-state index in [0.29, 0.717) is 6.42 Å². The van der Waals surface area contributed by atoms with Gasteiger partial charge in [-0.15, -0.1) is 0 Å². The van der Waals surface area contributed by atoms with Gasteiger partial charge >= 0.3 is 5.97 Å². The van der Waals surface area contributed by atoms with Gasteiger partial charge in [-0.25, -0.2) is 0 Å². The molecule has 0 amide bonds. The van der Waals surface area contributed by atoms with E-state index in [9.17, 15) is 15.0 Å². The second-order valence-corrected chi connectivity index (χ2v) is 7.40. The Morgan fingerprint density at radius 3 is 1.97 bits per heavy atom. The van der Waals surface area contributed by atoms with Crippen molar-refractivity contribution in [2.24, 2.45) is 0 Å². The molecule has 3 aromatic rings. The van der Waals surface area contributed by atoms with Gasteiger partial charge in [0, 0.05) is 29.5 Å². The van der Waals surface area contributed by atoms with Crippen molar-refractivity contribution in [1.82, 2.24) is 5.32 Å². The van der Waals surface area contributed by atoms with Gasteiger partial charge in [-0.1, -0.05) is 48.5 Å². The lowest BCUT2D eigenvalue weighted by Crippen LogP contribution is -2.48. The van der Waals surface area contributed by atoms with E-state index < -0.39 is 12.0 Å². The van der Waals surface area contributed by atoms with E-state index in [1.165, 1.54) is 0 Å². The zero-order valence-corrected chi connectivity index (χ0v) is 16.5. The van der Waals surface area contributed by atoms with Crippen LogP contribution in [0.15, 0.2) is 96.7 Å². The third-order valence-electron chi connectivity index (χ3n) is 5.23. The molecule has 2 atom stereocenters. The molecule has 5 heteroatoms. The maximum absolute atomic E-state index is 11.8. The lowest BCUT2D eigenvalue weighted by atomic mass is 9.94. The van der Waals surface area contributed by atoms with Crippen molar-refractivity contribution in [3.05, 3.63) is 102 Å². The molecule has 0 radical (unpaired) electrons. The van der Waals surface area contributed by atoms with Crippen LogP contribution >= 0.6 is 0 Å². The molecule has 152 valence electrons. The Hall–Kier alpha value is -3.57. The SMILES string of the molecule is O=C(O)C(Cc1ccc(O)cc1)NC1C=C(N(c2ccccc2)c2ccccc2)C1. The smallest absolute Gasteiger partial charge is 0.321 e. The average Bonchev–Trinajstić information content (AvgIpc) is 2.74. The summed E-state index contributed by atoms with van der Waals surface area (Å²) in [7, 11) is 0. The number of para-hydroxylation sites is 2. The van der Waals surface area contributed by atoms with Gasteiger partial charge in [0.05, 0.1) is 0 Å². The highest BCUT2D eigenvalue weighted by atomic mass is 16.4. The monoisotopic (exact) mass is 400 g/mol. The van der Waals surface area contributed by atoms with Crippen LogP contribution in [0.2, 0.25) is 0 Å². The zero-order valence-electron chi connectivity index (χ0n) is 16.5. The molecule has 30 heavy (non-hydrogen) atoms. The molecule has 0 spiro atoms. The minimum atomic E-state index is -0.882. The highest BCUT2D eigenvalue weighted by Crippen LogP contribution is 2.35. The molecule has 1 aliphatic rings. The maximum atomic E-state index is 11.8. The van der Waals surface area contributed by atoms with Crippen molar-refractivity contribution in [1.29, 1.82) is 0 Å². The fourth-order valence-corrected chi connectivity index (χ4v) is 3.68. The molecular formula is C25H24N2O3. The molecule has 4 rings (SSSR count). The van der Waals surface area contributed by atoms with Crippen LogP contribution in [0.3, 0.4) is 0 Å². The van der Waals surface area contributed by atoms with Crippen LogP contribution in [-0.2, 0) is 11.2 Å². The number of nitrogens with one attached hydrogen (secondary N) is 1. The van der Waals surface area contributed by atoms with E-state index >= 15 is 0 Å². The summed E-state index contributed by atoms with van der Waals surface area (Å²) in [6, 6.07) is 26.3. The van der Waals surface area contributed by atoms with E-state index in [1.54, 1.807) is 24.3 Å².